The highest BCUT2D eigenvalue weighted by Gasteiger charge is 2.20. The molecule has 6 heteroatoms. The molecule has 0 unspecified atom stereocenters. The molecule has 4 rings (SSSR count). The number of nitrogens with zero attached hydrogens (tertiary/aromatic N) is 4. The summed E-state index contributed by atoms with van der Waals surface area (Å²) in [4.78, 5) is 17.5. The van der Waals surface area contributed by atoms with E-state index < -0.39 is 0 Å². The van der Waals surface area contributed by atoms with E-state index in [9.17, 15) is 0 Å². The molecule has 29 heavy (non-hydrogen) atoms. The lowest BCUT2D eigenvalue weighted by molar-refractivity contribution is 0.371. The first-order valence-corrected chi connectivity index (χ1v) is 10.5. The number of nitrogens with one attached hydrogen (secondary N) is 2. The molecular formula is C23H30N6. The molecule has 152 valence electrons. The van der Waals surface area contributed by atoms with Crippen LogP contribution < -0.4 is 10.2 Å². The minimum atomic E-state index is 0.781. The fourth-order valence-electron chi connectivity index (χ4n) is 3.97. The third-order valence-corrected chi connectivity index (χ3v) is 5.54. The molecule has 1 saturated heterocycles. The molecule has 0 bridgehead atoms. The van der Waals surface area contributed by atoms with Crippen LogP contribution in [0, 0.1) is 6.92 Å². The maximum atomic E-state index is 4.92. The summed E-state index contributed by atoms with van der Waals surface area (Å²) in [6.07, 6.45) is 4.93. The van der Waals surface area contributed by atoms with Crippen molar-refractivity contribution in [2.45, 2.75) is 20.3 Å². The number of rotatable bonds is 5. The van der Waals surface area contributed by atoms with Crippen molar-refractivity contribution < 1.29 is 0 Å². The number of aryl methyl sites for hydroxylation is 1. The SMILES string of the molecule is CCNC(=NCCc1c[nH]c2c(C)cccc12)N1CCN(c2ccccn2)CC1. The number of aromatic nitrogens is 2. The second-order valence-corrected chi connectivity index (χ2v) is 7.46. The summed E-state index contributed by atoms with van der Waals surface area (Å²) >= 11 is 0. The molecule has 1 aliphatic heterocycles. The Bertz CT molecular complexity index is 954. The number of H-pyrrole nitrogens is 1. The number of piperazine rings is 1. The molecule has 0 radical (unpaired) electrons. The van der Waals surface area contributed by atoms with E-state index >= 15 is 0 Å². The highest BCUT2D eigenvalue weighted by Crippen LogP contribution is 2.21. The van der Waals surface area contributed by atoms with Crippen LogP contribution in [0.4, 0.5) is 5.82 Å². The van der Waals surface area contributed by atoms with Gasteiger partial charge in [-0.25, -0.2) is 4.98 Å². The predicted octanol–water partition coefficient (Wildman–Crippen LogP) is 3.20. The van der Waals surface area contributed by atoms with Gasteiger partial charge in [-0.15, -0.1) is 0 Å². The van der Waals surface area contributed by atoms with Crippen LogP contribution in [-0.4, -0.2) is 60.1 Å². The van der Waals surface area contributed by atoms with Crippen molar-refractivity contribution in [1.29, 1.82) is 0 Å². The van der Waals surface area contributed by atoms with Gasteiger partial charge in [0.1, 0.15) is 5.82 Å². The lowest BCUT2D eigenvalue weighted by atomic mass is 10.1. The molecule has 2 N–H and O–H groups in total. The zero-order chi connectivity index (χ0) is 20.1. The molecule has 0 spiro atoms. The van der Waals surface area contributed by atoms with Crippen LogP contribution in [0.1, 0.15) is 18.1 Å². The third-order valence-electron chi connectivity index (χ3n) is 5.54. The topological polar surface area (TPSA) is 59.6 Å². The molecule has 3 heterocycles. The molecule has 6 nitrogen and oxygen atoms in total. The van der Waals surface area contributed by atoms with Crippen molar-refractivity contribution in [3.63, 3.8) is 0 Å². The summed E-state index contributed by atoms with van der Waals surface area (Å²) in [5.74, 6) is 2.08. The third kappa shape index (κ3) is 4.36. The number of guanidine groups is 1. The highest BCUT2D eigenvalue weighted by molar-refractivity contribution is 5.86. The normalized spacial score (nSPS) is 15.2. The van der Waals surface area contributed by atoms with Crippen molar-refractivity contribution in [2.24, 2.45) is 4.99 Å². The zero-order valence-corrected chi connectivity index (χ0v) is 17.4. The van der Waals surface area contributed by atoms with E-state index in [0.29, 0.717) is 0 Å². The minimum Gasteiger partial charge on any atom is -0.361 e. The Kier molecular flexibility index (Phi) is 5.98. The smallest absolute Gasteiger partial charge is 0.194 e. The lowest BCUT2D eigenvalue weighted by Crippen LogP contribution is -2.52. The molecule has 1 fully saturated rings. The van der Waals surface area contributed by atoms with E-state index in [1.54, 1.807) is 0 Å². The molecule has 0 amide bonds. The first-order chi connectivity index (χ1) is 14.3. The number of fused-ring (bicyclic) bond motifs is 1. The average molecular weight is 391 g/mol. The molecule has 0 atom stereocenters. The summed E-state index contributed by atoms with van der Waals surface area (Å²) in [5.41, 5.74) is 3.86. The Morgan fingerprint density at radius 2 is 2.00 bits per heavy atom. The molecule has 0 aliphatic carbocycles. The highest BCUT2D eigenvalue weighted by atomic mass is 15.4. The van der Waals surface area contributed by atoms with E-state index in [0.717, 1.165) is 57.5 Å². The van der Waals surface area contributed by atoms with Crippen LogP contribution >= 0.6 is 0 Å². The molecule has 1 aliphatic rings. The van der Waals surface area contributed by atoms with E-state index in [-0.39, 0.29) is 0 Å². The first kappa shape index (κ1) is 19.3. The summed E-state index contributed by atoms with van der Waals surface area (Å²) in [7, 11) is 0. The van der Waals surface area contributed by atoms with E-state index in [1.807, 2.05) is 18.3 Å². The number of aliphatic imine (C=N–C) groups is 1. The Balaban J connectivity index is 1.38. The molecular weight excluding hydrogens is 360 g/mol. The summed E-state index contributed by atoms with van der Waals surface area (Å²) in [6.45, 7) is 9.77. The second-order valence-electron chi connectivity index (χ2n) is 7.46. The Labute approximate surface area is 172 Å². The van der Waals surface area contributed by atoms with Crippen molar-refractivity contribution in [2.75, 3.05) is 44.2 Å². The summed E-state index contributed by atoms with van der Waals surface area (Å²) in [5, 5.41) is 4.78. The molecule has 0 saturated carbocycles. The number of aromatic amines is 1. The average Bonchev–Trinajstić information content (AvgIpc) is 3.18. The second kappa shape index (κ2) is 8.99. The van der Waals surface area contributed by atoms with Gasteiger partial charge in [0.25, 0.3) is 0 Å². The van der Waals surface area contributed by atoms with Gasteiger partial charge in [0, 0.05) is 62.6 Å². The van der Waals surface area contributed by atoms with E-state index in [4.69, 9.17) is 4.99 Å². The monoisotopic (exact) mass is 390 g/mol. The van der Waals surface area contributed by atoms with Gasteiger partial charge >= 0.3 is 0 Å². The van der Waals surface area contributed by atoms with Gasteiger partial charge in [-0.2, -0.15) is 0 Å². The largest absolute Gasteiger partial charge is 0.361 e. The quantitative estimate of drug-likeness (QED) is 0.519. The van der Waals surface area contributed by atoms with Gasteiger partial charge in [-0.1, -0.05) is 24.3 Å². The zero-order valence-electron chi connectivity index (χ0n) is 17.4. The van der Waals surface area contributed by atoms with Crippen LogP contribution in [0.25, 0.3) is 10.9 Å². The van der Waals surface area contributed by atoms with Crippen LogP contribution in [-0.2, 0) is 6.42 Å². The van der Waals surface area contributed by atoms with Gasteiger partial charge in [-0.3, -0.25) is 4.99 Å². The Morgan fingerprint density at radius 3 is 2.76 bits per heavy atom. The Morgan fingerprint density at radius 1 is 1.14 bits per heavy atom. The van der Waals surface area contributed by atoms with Crippen molar-refractivity contribution >= 4 is 22.7 Å². The lowest BCUT2D eigenvalue weighted by Gasteiger charge is -2.37. The molecule has 2 aromatic heterocycles. The van der Waals surface area contributed by atoms with Crippen molar-refractivity contribution in [1.82, 2.24) is 20.2 Å². The maximum absolute atomic E-state index is 4.92. The fraction of sp³-hybridized carbons (Fsp3) is 0.391. The fourth-order valence-corrected chi connectivity index (χ4v) is 3.97. The van der Waals surface area contributed by atoms with Crippen LogP contribution in [0.3, 0.4) is 0 Å². The number of pyridine rings is 1. The van der Waals surface area contributed by atoms with Crippen molar-refractivity contribution in [3.8, 4) is 0 Å². The first-order valence-electron chi connectivity index (χ1n) is 10.5. The summed E-state index contributed by atoms with van der Waals surface area (Å²) < 4.78 is 0. The number of benzene rings is 1. The number of hydrogen-bond donors (Lipinski definition) is 2. The van der Waals surface area contributed by atoms with E-state index in [1.165, 1.54) is 22.0 Å². The minimum absolute atomic E-state index is 0.781. The van der Waals surface area contributed by atoms with Gasteiger partial charge in [0.15, 0.2) is 5.96 Å². The van der Waals surface area contributed by atoms with Crippen LogP contribution in [0.2, 0.25) is 0 Å². The van der Waals surface area contributed by atoms with Crippen molar-refractivity contribution in [3.05, 3.63) is 59.9 Å². The standard InChI is InChI=1S/C23H30N6/c1-3-24-23(29-15-13-28(14-16-29)21-9-4-5-11-25-21)26-12-10-19-17-27-22-18(2)7-6-8-20(19)22/h4-9,11,17,27H,3,10,12-16H2,1-2H3,(H,24,26). The van der Waals surface area contributed by atoms with E-state index in [2.05, 4.69) is 69.4 Å². The van der Waals surface area contributed by atoms with Gasteiger partial charge in [0.05, 0.1) is 0 Å². The number of hydrogen-bond acceptors (Lipinski definition) is 3. The number of para-hydroxylation sites is 1. The number of anilines is 1. The molecule has 1 aromatic carbocycles. The Hall–Kier alpha value is -3.02. The van der Waals surface area contributed by atoms with Crippen LogP contribution in [0.5, 0.6) is 0 Å². The molecule has 3 aromatic rings. The van der Waals surface area contributed by atoms with Crippen LogP contribution in [0.15, 0.2) is 53.8 Å². The summed E-state index contributed by atoms with van der Waals surface area (Å²) in [6, 6.07) is 12.6. The van der Waals surface area contributed by atoms with Gasteiger partial charge in [-0.05, 0) is 43.5 Å². The predicted molar refractivity (Wildman–Crippen MR) is 121 cm³/mol. The van der Waals surface area contributed by atoms with Gasteiger partial charge < -0.3 is 20.1 Å². The van der Waals surface area contributed by atoms with Gasteiger partial charge in [0.2, 0.25) is 0 Å². The maximum Gasteiger partial charge on any atom is 0.194 e.